The number of aromatic nitrogens is 1. The number of fused-ring (bicyclic) bond motifs is 1. The number of urea groups is 1. The number of carbonyl (C=O) groups is 3. The minimum Gasteiger partial charge on any atom is -0.452 e. The zero-order valence-electron chi connectivity index (χ0n) is 14.8. The zero-order valence-corrected chi connectivity index (χ0v) is 14.8. The van der Waals surface area contributed by atoms with Gasteiger partial charge in [0, 0.05) is 11.4 Å². The van der Waals surface area contributed by atoms with E-state index in [1.54, 1.807) is 0 Å². The van der Waals surface area contributed by atoms with Crippen molar-refractivity contribution in [3.05, 3.63) is 41.1 Å². The van der Waals surface area contributed by atoms with Crippen molar-refractivity contribution < 1.29 is 19.1 Å². The molecule has 0 atom stereocenters. The second-order valence-electron chi connectivity index (χ2n) is 6.30. The second-order valence-corrected chi connectivity index (χ2v) is 6.30. The molecule has 0 saturated heterocycles. The molecule has 0 bridgehead atoms. The molecule has 7 heteroatoms. The Kier molecular flexibility index (Phi) is 5.16. The maximum atomic E-state index is 12.5. The van der Waals surface area contributed by atoms with E-state index < -0.39 is 24.5 Å². The third kappa shape index (κ3) is 3.99. The Morgan fingerprint density at radius 3 is 2.65 bits per heavy atom. The maximum Gasteiger partial charge on any atom is 0.340 e. The third-order valence-electron chi connectivity index (χ3n) is 4.27. The second kappa shape index (κ2) is 7.51. The van der Waals surface area contributed by atoms with E-state index in [1.165, 1.54) is 0 Å². The quantitative estimate of drug-likeness (QED) is 0.802. The summed E-state index contributed by atoms with van der Waals surface area (Å²) in [5, 5.41) is 5.64. The molecule has 0 unspecified atom stereocenters. The van der Waals surface area contributed by atoms with Crippen LogP contribution in [0.15, 0.2) is 24.3 Å². The molecule has 3 rings (SSSR count). The molecule has 1 saturated carbocycles. The summed E-state index contributed by atoms with van der Waals surface area (Å²) in [7, 11) is 0. The molecule has 2 N–H and O–H groups in total. The topological polar surface area (TPSA) is 97.4 Å². The molecule has 26 heavy (non-hydrogen) atoms. The fourth-order valence-corrected chi connectivity index (χ4v) is 2.78. The first-order chi connectivity index (χ1) is 12.5. The molecular weight excluding hydrogens is 334 g/mol. The first-order valence-corrected chi connectivity index (χ1v) is 8.65. The average molecular weight is 355 g/mol. The van der Waals surface area contributed by atoms with Gasteiger partial charge in [-0.05, 0) is 37.8 Å². The van der Waals surface area contributed by atoms with Crippen LogP contribution in [0.25, 0.3) is 10.9 Å². The Morgan fingerprint density at radius 1 is 1.23 bits per heavy atom. The summed E-state index contributed by atoms with van der Waals surface area (Å²) in [6.45, 7) is 3.22. The van der Waals surface area contributed by atoms with Gasteiger partial charge in [-0.25, -0.2) is 9.59 Å². The largest absolute Gasteiger partial charge is 0.452 e. The van der Waals surface area contributed by atoms with Gasteiger partial charge in [0.1, 0.15) is 0 Å². The lowest BCUT2D eigenvalue weighted by atomic mass is 10.0. The van der Waals surface area contributed by atoms with Crippen LogP contribution in [-0.4, -0.2) is 35.5 Å². The van der Waals surface area contributed by atoms with Crippen LogP contribution in [0.3, 0.4) is 0 Å². The van der Waals surface area contributed by atoms with Crippen LogP contribution in [0, 0.1) is 6.92 Å². The minimum absolute atomic E-state index is 0.142. The molecule has 1 aromatic carbocycles. The summed E-state index contributed by atoms with van der Waals surface area (Å²) in [6, 6.07) is 7.13. The van der Waals surface area contributed by atoms with Crippen LogP contribution in [0.5, 0.6) is 0 Å². The van der Waals surface area contributed by atoms with E-state index in [-0.39, 0.29) is 6.04 Å². The molecule has 136 valence electrons. The Morgan fingerprint density at radius 2 is 1.96 bits per heavy atom. The lowest BCUT2D eigenvalue weighted by Gasteiger charge is -2.13. The molecule has 1 aromatic heterocycles. The van der Waals surface area contributed by atoms with Gasteiger partial charge in [-0.1, -0.05) is 25.1 Å². The number of hydrogen-bond acceptors (Lipinski definition) is 5. The fraction of sp³-hybridized carbons (Fsp3) is 0.368. The third-order valence-corrected chi connectivity index (χ3v) is 4.27. The van der Waals surface area contributed by atoms with Crippen LogP contribution in [0.4, 0.5) is 4.79 Å². The van der Waals surface area contributed by atoms with Crippen molar-refractivity contribution in [2.24, 2.45) is 0 Å². The Hall–Kier alpha value is -2.96. The fourth-order valence-electron chi connectivity index (χ4n) is 2.78. The molecule has 7 nitrogen and oxygen atoms in total. The van der Waals surface area contributed by atoms with E-state index in [0.29, 0.717) is 17.7 Å². The smallest absolute Gasteiger partial charge is 0.340 e. The highest BCUT2D eigenvalue weighted by Crippen LogP contribution is 2.24. The van der Waals surface area contributed by atoms with Crippen LogP contribution >= 0.6 is 0 Å². The predicted molar refractivity (Wildman–Crippen MR) is 95.8 cm³/mol. The van der Waals surface area contributed by atoms with E-state index >= 15 is 0 Å². The summed E-state index contributed by atoms with van der Waals surface area (Å²) in [5.74, 6) is -1.28. The maximum absolute atomic E-state index is 12.5. The van der Waals surface area contributed by atoms with Crippen molar-refractivity contribution in [2.45, 2.75) is 39.2 Å². The molecular formula is C19H21N3O4. The van der Waals surface area contributed by atoms with Crippen molar-refractivity contribution in [3.63, 3.8) is 0 Å². The Balaban J connectivity index is 1.69. The van der Waals surface area contributed by atoms with Gasteiger partial charge < -0.3 is 10.1 Å². The number of esters is 1. The molecule has 0 radical (unpaired) electrons. The molecule has 1 fully saturated rings. The highest BCUT2D eigenvalue weighted by molar-refractivity contribution is 6.00. The van der Waals surface area contributed by atoms with Crippen LogP contribution < -0.4 is 10.6 Å². The number of ether oxygens (including phenoxy) is 1. The van der Waals surface area contributed by atoms with E-state index in [1.807, 2.05) is 38.1 Å². The molecule has 2 aromatic rings. The highest BCUT2D eigenvalue weighted by Gasteiger charge is 2.24. The Bertz CT molecular complexity index is 874. The number of pyridine rings is 1. The van der Waals surface area contributed by atoms with Gasteiger partial charge in [0.05, 0.1) is 16.8 Å². The van der Waals surface area contributed by atoms with Gasteiger partial charge >= 0.3 is 12.0 Å². The first-order valence-electron chi connectivity index (χ1n) is 8.65. The number of imide groups is 1. The Labute approximate surface area is 151 Å². The van der Waals surface area contributed by atoms with Crippen molar-refractivity contribution in [3.8, 4) is 0 Å². The van der Waals surface area contributed by atoms with Crippen molar-refractivity contribution in [2.75, 3.05) is 6.61 Å². The summed E-state index contributed by atoms with van der Waals surface area (Å²) in [6.07, 6.45) is 2.40. The first kappa shape index (κ1) is 17.8. The summed E-state index contributed by atoms with van der Waals surface area (Å²) < 4.78 is 5.11. The van der Waals surface area contributed by atoms with Gasteiger partial charge in [-0.3, -0.25) is 15.1 Å². The average Bonchev–Trinajstić information content (AvgIpc) is 3.43. The van der Waals surface area contributed by atoms with Crippen molar-refractivity contribution >= 4 is 28.8 Å². The SMILES string of the molecule is CCc1nc2ccccc2c(C)c1C(=O)OCC(=O)NC(=O)NC1CC1. The number of amides is 3. The van der Waals surface area contributed by atoms with Gasteiger partial charge in [0.15, 0.2) is 6.61 Å². The summed E-state index contributed by atoms with van der Waals surface area (Å²) in [4.78, 5) is 40.4. The molecule has 1 aliphatic carbocycles. The van der Waals surface area contributed by atoms with Gasteiger partial charge in [0.2, 0.25) is 0 Å². The monoisotopic (exact) mass is 355 g/mol. The minimum atomic E-state index is -0.666. The number of rotatable bonds is 5. The van der Waals surface area contributed by atoms with E-state index in [4.69, 9.17) is 4.74 Å². The lowest BCUT2D eigenvalue weighted by Crippen LogP contribution is -2.42. The van der Waals surface area contributed by atoms with Crippen LogP contribution in [-0.2, 0) is 16.0 Å². The molecule has 0 aliphatic heterocycles. The van der Waals surface area contributed by atoms with Gasteiger partial charge in [-0.2, -0.15) is 0 Å². The number of carbonyl (C=O) groups excluding carboxylic acids is 3. The number of nitrogens with one attached hydrogen (secondary N) is 2. The van der Waals surface area contributed by atoms with Gasteiger partial charge in [-0.15, -0.1) is 0 Å². The standard InChI is InChI=1S/C19H21N3O4/c1-3-14-17(11(2)13-6-4-5-7-15(13)21-14)18(24)26-10-16(23)22-19(25)20-12-8-9-12/h4-7,12H,3,8-10H2,1-2H3,(H2,20,22,23,25). The zero-order chi connectivity index (χ0) is 18.7. The van der Waals surface area contributed by atoms with E-state index in [9.17, 15) is 14.4 Å². The van der Waals surface area contributed by atoms with Crippen LogP contribution in [0.2, 0.25) is 0 Å². The van der Waals surface area contributed by atoms with E-state index in [2.05, 4.69) is 15.6 Å². The van der Waals surface area contributed by atoms with Crippen molar-refractivity contribution in [1.29, 1.82) is 0 Å². The predicted octanol–water partition coefficient (Wildman–Crippen LogP) is 2.25. The molecule has 3 amide bonds. The molecule has 1 aliphatic rings. The van der Waals surface area contributed by atoms with Gasteiger partial charge in [0.25, 0.3) is 5.91 Å². The van der Waals surface area contributed by atoms with Crippen LogP contribution in [0.1, 0.15) is 41.4 Å². The normalized spacial score (nSPS) is 13.3. The van der Waals surface area contributed by atoms with E-state index in [0.717, 1.165) is 29.3 Å². The molecule has 1 heterocycles. The number of para-hydroxylation sites is 1. The van der Waals surface area contributed by atoms with Crippen molar-refractivity contribution in [1.82, 2.24) is 15.6 Å². The number of aryl methyl sites for hydroxylation is 2. The summed E-state index contributed by atoms with van der Waals surface area (Å²) in [5.41, 5.74) is 2.58. The number of nitrogens with zero attached hydrogens (tertiary/aromatic N) is 1. The number of benzene rings is 1. The molecule has 0 spiro atoms. The highest BCUT2D eigenvalue weighted by atomic mass is 16.5. The summed E-state index contributed by atoms with van der Waals surface area (Å²) >= 11 is 0. The lowest BCUT2D eigenvalue weighted by molar-refractivity contribution is -0.123. The number of hydrogen-bond donors (Lipinski definition) is 2.